The second kappa shape index (κ2) is 7.99. The van der Waals surface area contributed by atoms with Crippen LogP contribution in [0.25, 0.3) is 22.0 Å². The van der Waals surface area contributed by atoms with Gasteiger partial charge in [0.05, 0.1) is 17.1 Å². The molecule has 0 spiro atoms. The SMILES string of the molecule is N#Cc1cccc(-c2ccc3n(c2=O)C[C@@H]2C[C@@H]3CN(Cc3cnc4ccccc4c3)C2)c1. The van der Waals surface area contributed by atoms with E-state index in [4.69, 9.17) is 0 Å². The van der Waals surface area contributed by atoms with E-state index in [9.17, 15) is 10.1 Å². The standard InChI is InChI=1S/C28H24N4O/c29-13-19-4-3-6-22(10-19)25-8-9-27-24-12-21(17-32(27)28(25)33)16-31(18-24)15-20-11-23-5-1-2-7-26(23)30-14-20/h1-11,14,21,24H,12,15-18H2/t21-,24-/m1/s1. The van der Waals surface area contributed by atoms with Gasteiger partial charge in [0.25, 0.3) is 5.56 Å². The Balaban J connectivity index is 1.27. The van der Waals surface area contributed by atoms with Crippen LogP contribution in [-0.4, -0.2) is 27.5 Å². The predicted molar refractivity (Wildman–Crippen MR) is 129 cm³/mol. The zero-order valence-electron chi connectivity index (χ0n) is 18.3. The fourth-order valence-corrected chi connectivity index (χ4v) is 5.61. The zero-order valence-corrected chi connectivity index (χ0v) is 18.3. The number of nitrogens with zero attached hydrogens (tertiary/aromatic N) is 4. The van der Waals surface area contributed by atoms with E-state index in [0.717, 1.165) is 49.4 Å². The molecule has 4 aromatic rings. The van der Waals surface area contributed by atoms with E-state index in [1.54, 1.807) is 12.1 Å². The highest BCUT2D eigenvalue weighted by atomic mass is 16.1. The minimum atomic E-state index is 0.0597. The molecule has 0 aliphatic carbocycles. The monoisotopic (exact) mass is 432 g/mol. The summed E-state index contributed by atoms with van der Waals surface area (Å²) in [5.74, 6) is 0.821. The molecule has 0 saturated carbocycles. The fourth-order valence-electron chi connectivity index (χ4n) is 5.61. The van der Waals surface area contributed by atoms with E-state index in [1.807, 2.05) is 41.1 Å². The van der Waals surface area contributed by atoms with Crippen molar-refractivity contribution < 1.29 is 0 Å². The Hall–Kier alpha value is -3.75. The van der Waals surface area contributed by atoms with E-state index in [1.165, 1.54) is 10.9 Å². The Bertz CT molecular complexity index is 1460. The van der Waals surface area contributed by atoms with E-state index in [2.05, 4.69) is 40.2 Å². The van der Waals surface area contributed by atoms with E-state index in [-0.39, 0.29) is 5.56 Å². The van der Waals surface area contributed by atoms with E-state index in [0.29, 0.717) is 23.0 Å². The van der Waals surface area contributed by atoms with Gasteiger partial charge in [-0.1, -0.05) is 30.3 Å². The Morgan fingerprint density at radius 2 is 1.91 bits per heavy atom. The smallest absolute Gasteiger partial charge is 0.258 e. The lowest BCUT2D eigenvalue weighted by molar-refractivity contribution is 0.114. The summed E-state index contributed by atoms with van der Waals surface area (Å²) in [5.41, 5.74) is 5.53. The highest BCUT2D eigenvalue weighted by molar-refractivity contribution is 5.78. The van der Waals surface area contributed by atoms with Crippen LogP contribution in [0, 0.1) is 17.2 Å². The molecule has 33 heavy (non-hydrogen) atoms. The van der Waals surface area contributed by atoms with Crippen molar-refractivity contribution in [2.45, 2.75) is 25.4 Å². The molecular formula is C28H24N4O. The van der Waals surface area contributed by atoms with Crippen LogP contribution in [0.4, 0.5) is 0 Å². The van der Waals surface area contributed by atoms with Crippen LogP contribution < -0.4 is 5.56 Å². The molecule has 2 aliphatic rings. The molecule has 2 bridgehead atoms. The summed E-state index contributed by atoms with van der Waals surface area (Å²) in [6.07, 6.45) is 3.13. The third-order valence-electron chi connectivity index (χ3n) is 7.04. The van der Waals surface area contributed by atoms with Crippen molar-refractivity contribution in [2.24, 2.45) is 5.92 Å². The van der Waals surface area contributed by atoms with Gasteiger partial charge in [-0.3, -0.25) is 14.7 Å². The van der Waals surface area contributed by atoms with Gasteiger partial charge in [0.2, 0.25) is 0 Å². The minimum Gasteiger partial charge on any atom is -0.311 e. The van der Waals surface area contributed by atoms with Crippen LogP contribution in [0.1, 0.15) is 29.2 Å². The van der Waals surface area contributed by atoms with Crippen LogP contribution >= 0.6 is 0 Å². The molecule has 1 fully saturated rings. The maximum atomic E-state index is 13.4. The van der Waals surface area contributed by atoms with Crippen molar-refractivity contribution in [1.29, 1.82) is 5.26 Å². The van der Waals surface area contributed by atoms with Gasteiger partial charge in [-0.05, 0) is 59.9 Å². The average Bonchev–Trinajstić information content (AvgIpc) is 2.84. The van der Waals surface area contributed by atoms with Crippen LogP contribution in [0.2, 0.25) is 0 Å². The van der Waals surface area contributed by atoms with Gasteiger partial charge in [-0.25, -0.2) is 0 Å². The largest absolute Gasteiger partial charge is 0.311 e. The number of pyridine rings is 2. The topological polar surface area (TPSA) is 61.9 Å². The molecule has 2 aromatic heterocycles. The van der Waals surface area contributed by atoms with Gasteiger partial charge in [0.15, 0.2) is 0 Å². The van der Waals surface area contributed by atoms with Gasteiger partial charge >= 0.3 is 0 Å². The van der Waals surface area contributed by atoms with Gasteiger partial charge in [-0.15, -0.1) is 0 Å². The third kappa shape index (κ3) is 3.63. The number of piperidine rings is 1. The summed E-state index contributed by atoms with van der Waals surface area (Å²) in [5, 5.41) is 10.4. The van der Waals surface area contributed by atoms with Crippen LogP contribution in [0.15, 0.2) is 77.7 Å². The molecule has 5 nitrogen and oxygen atoms in total. The Morgan fingerprint density at radius 1 is 1.00 bits per heavy atom. The first-order valence-corrected chi connectivity index (χ1v) is 11.5. The van der Waals surface area contributed by atoms with Crippen molar-refractivity contribution in [3.8, 4) is 17.2 Å². The maximum absolute atomic E-state index is 13.4. The second-order valence-electron chi connectivity index (χ2n) is 9.31. The molecule has 2 aromatic carbocycles. The van der Waals surface area contributed by atoms with Crippen LogP contribution in [-0.2, 0) is 13.1 Å². The summed E-state index contributed by atoms with van der Waals surface area (Å²) < 4.78 is 1.99. The average molecular weight is 433 g/mol. The number of likely N-dealkylation sites (tertiary alicyclic amines) is 1. The number of fused-ring (bicyclic) bond motifs is 5. The first-order chi connectivity index (χ1) is 16.2. The van der Waals surface area contributed by atoms with Gasteiger partial charge in [0, 0.05) is 54.9 Å². The van der Waals surface area contributed by atoms with Crippen LogP contribution in [0.3, 0.4) is 0 Å². The van der Waals surface area contributed by atoms with Crippen molar-refractivity contribution in [3.63, 3.8) is 0 Å². The summed E-state index contributed by atoms with van der Waals surface area (Å²) in [4.78, 5) is 20.5. The Morgan fingerprint density at radius 3 is 2.82 bits per heavy atom. The first kappa shape index (κ1) is 19.9. The molecule has 0 amide bonds. The minimum absolute atomic E-state index is 0.0597. The highest BCUT2D eigenvalue weighted by Gasteiger charge is 2.35. The number of rotatable bonds is 3. The number of para-hydroxylation sites is 1. The lowest BCUT2D eigenvalue weighted by atomic mass is 9.82. The Kier molecular flexibility index (Phi) is 4.82. The van der Waals surface area contributed by atoms with Crippen molar-refractivity contribution in [1.82, 2.24) is 14.5 Å². The molecule has 5 heteroatoms. The van der Waals surface area contributed by atoms with Gasteiger partial charge in [0.1, 0.15) is 0 Å². The van der Waals surface area contributed by atoms with E-state index >= 15 is 0 Å². The molecule has 6 rings (SSSR count). The highest BCUT2D eigenvalue weighted by Crippen LogP contribution is 2.36. The molecule has 0 N–H and O–H groups in total. The molecule has 1 saturated heterocycles. The normalized spacial score (nSPS) is 19.7. The number of benzene rings is 2. The molecule has 0 unspecified atom stereocenters. The second-order valence-corrected chi connectivity index (χ2v) is 9.31. The Labute approximate surface area is 192 Å². The number of hydrogen-bond donors (Lipinski definition) is 0. The quantitative estimate of drug-likeness (QED) is 0.476. The summed E-state index contributed by atoms with van der Waals surface area (Å²) in [7, 11) is 0. The zero-order chi connectivity index (χ0) is 22.4. The lowest BCUT2D eigenvalue weighted by Crippen LogP contribution is -2.46. The van der Waals surface area contributed by atoms with Crippen molar-refractivity contribution in [3.05, 3.63) is 100 Å². The summed E-state index contributed by atoms with van der Waals surface area (Å²) in [6, 6.07) is 24.0. The van der Waals surface area contributed by atoms with E-state index < -0.39 is 0 Å². The molecule has 2 atom stereocenters. The number of nitriles is 1. The van der Waals surface area contributed by atoms with Crippen LogP contribution in [0.5, 0.6) is 0 Å². The third-order valence-corrected chi connectivity index (χ3v) is 7.04. The molecular weight excluding hydrogens is 408 g/mol. The molecule has 162 valence electrons. The predicted octanol–water partition coefficient (Wildman–Crippen LogP) is 4.55. The van der Waals surface area contributed by atoms with Crippen molar-refractivity contribution in [2.75, 3.05) is 13.1 Å². The van der Waals surface area contributed by atoms with Gasteiger partial charge in [-0.2, -0.15) is 5.26 Å². The van der Waals surface area contributed by atoms with Gasteiger partial charge < -0.3 is 4.57 Å². The molecule has 4 heterocycles. The molecule has 2 aliphatic heterocycles. The summed E-state index contributed by atoms with van der Waals surface area (Å²) >= 11 is 0. The summed E-state index contributed by atoms with van der Waals surface area (Å²) in [6.45, 7) is 3.58. The lowest BCUT2D eigenvalue weighted by Gasteiger charge is -2.43. The number of aromatic nitrogens is 2. The molecule has 0 radical (unpaired) electrons. The van der Waals surface area contributed by atoms with Crippen molar-refractivity contribution >= 4 is 10.9 Å². The fraction of sp³-hybridized carbons (Fsp3) is 0.250. The number of hydrogen-bond acceptors (Lipinski definition) is 4. The maximum Gasteiger partial charge on any atom is 0.258 e. The first-order valence-electron chi connectivity index (χ1n) is 11.5.